The van der Waals surface area contributed by atoms with Gasteiger partial charge in [0.25, 0.3) is 0 Å². The molecule has 0 spiro atoms. The van der Waals surface area contributed by atoms with Crippen LogP contribution in [0, 0.1) is 6.92 Å². The van der Waals surface area contributed by atoms with Crippen LogP contribution in [0.4, 0.5) is 0 Å². The van der Waals surface area contributed by atoms with Crippen LogP contribution in [-0.4, -0.2) is 9.55 Å². The first-order chi connectivity index (χ1) is 14.5. The molecule has 0 bridgehead atoms. The molecule has 1 heterocycles. The Kier molecular flexibility index (Phi) is 5.76. The predicted molar refractivity (Wildman–Crippen MR) is 129 cm³/mol. The van der Waals surface area contributed by atoms with Crippen LogP contribution in [0.15, 0.2) is 66.7 Å². The lowest BCUT2D eigenvalue weighted by molar-refractivity contribution is 0.700. The predicted octanol–water partition coefficient (Wildman–Crippen LogP) is 8.03. The van der Waals surface area contributed by atoms with Gasteiger partial charge in [0.2, 0.25) is 0 Å². The molecule has 154 valence electrons. The quantitative estimate of drug-likeness (QED) is 0.322. The third kappa shape index (κ3) is 3.56. The van der Waals surface area contributed by atoms with Crippen LogP contribution in [0.5, 0.6) is 0 Å². The van der Waals surface area contributed by atoms with Gasteiger partial charge in [0.15, 0.2) is 0 Å². The van der Waals surface area contributed by atoms with E-state index in [9.17, 15) is 0 Å². The molecule has 30 heavy (non-hydrogen) atoms. The number of hydrogen-bond donors (Lipinski definition) is 0. The van der Waals surface area contributed by atoms with Gasteiger partial charge in [-0.25, -0.2) is 4.98 Å². The van der Waals surface area contributed by atoms with Crippen LogP contribution < -0.4 is 0 Å². The molecule has 2 atom stereocenters. The molecule has 0 aliphatic carbocycles. The van der Waals surface area contributed by atoms with Crippen molar-refractivity contribution in [2.24, 2.45) is 0 Å². The minimum absolute atomic E-state index is 0.479. The lowest BCUT2D eigenvalue weighted by atomic mass is 9.87. The zero-order valence-electron chi connectivity index (χ0n) is 18.8. The van der Waals surface area contributed by atoms with Gasteiger partial charge >= 0.3 is 0 Å². The molecule has 0 radical (unpaired) electrons. The molecule has 4 aromatic rings. The van der Waals surface area contributed by atoms with Gasteiger partial charge < -0.3 is 0 Å². The van der Waals surface area contributed by atoms with E-state index < -0.39 is 0 Å². The van der Waals surface area contributed by atoms with E-state index in [0.717, 1.165) is 29.7 Å². The number of para-hydroxylation sites is 2. The summed E-state index contributed by atoms with van der Waals surface area (Å²) in [6.07, 6.45) is 2.23. The van der Waals surface area contributed by atoms with Crippen LogP contribution in [-0.2, 0) is 0 Å². The normalized spacial score (nSPS) is 13.5. The second-order valence-electron chi connectivity index (χ2n) is 8.54. The Labute approximate surface area is 180 Å². The highest BCUT2D eigenvalue weighted by atomic mass is 15.1. The number of fused-ring (bicyclic) bond motifs is 1. The third-order valence-electron chi connectivity index (χ3n) is 6.42. The van der Waals surface area contributed by atoms with Crippen molar-refractivity contribution < 1.29 is 0 Å². The highest BCUT2D eigenvalue weighted by Crippen LogP contribution is 2.39. The first kappa shape index (κ1) is 20.4. The van der Waals surface area contributed by atoms with Crippen molar-refractivity contribution >= 4 is 11.0 Å². The summed E-state index contributed by atoms with van der Waals surface area (Å²) in [7, 11) is 0. The van der Waals surface area contributed by atoms with Crippen LogP contribution >= 0.6 is 0 Å². The Bertz CT molecular complexity index is 1120. The van der Waals surface area contributed by atoms with Gasteiger partial charge in [0.1, 0.15) is 5.82 Å². The van der Waals surface area contributed by atoms with Gasteiger partial charge in [-0.05, 0) is 54.9 Å². The van der Waals surface area contributed by atoms with Crippen molar-refractivity contribution in [1.29, 1.82) is 0 Å². The summed E-state index contributed by atoms with van der Waals surface area (Å²) in [5.41, 5.74) is 8.89. The summed E-state index contributed by atoms with van der Waals surface area (Å²) in [4.78, 5) is 5.10. The Balaban J connectivity index is 2.15. The summed E-state index contributed by atoms with van der Waals surface area (Å²) in [5, 5.41) is 0. The van der Waals surface area contributed by atoms with Gasteiger partial charge in [0, 0.05) is 5.56 Å². The maximum Gasteiger partial charge on any atom is 0.145 e. The fraction of sp³-hybridized carbons (Fsp3) is 0.321. The van der Waals surface area contributed by atoms with Crippen LogP contribution in [0.3, 0.4) is 0 Å². The smallest absolute Gasteiger partial charge is 0.145 e. The fourth-order valence-corrected chi connectivity index (χ4v) is 4.32. The topological polar surface area (TPSA) is 17.8 Å². The van der Waals surface area contributed by atoms with Crippen molar-refractivity contribution in [3.8, 4) is 17.1 Å². The number of aromatic nitrogens is 2. The van der Waals surface area contributed by atoms with Crippen molar-refractivity contribution in [3.05, 3.63) is 83.4 Å². The van der Waals surface area contributed by atoms with Crippen LogP contribution in [0.25, 0.3) is 28.1 Å². The van der Waals surface area contributed by atoms with Gasteiger partial charge in [-0.1, -0.05) is 87.9 Å². The summed E-state index contributed by atoms with van der Waals surface area (Å²) in [5.74, 6) is 1.98. The first-order valence-corrected chi connectivity index (χ1v) is 11.2. The van der Waals surface area contributed by atoms with Gasteiger partial charge in [-0.3, -0.25) is 4.57 Å². The second-order valence-corrected chi connectivity index (χ2v) is 8.54. The molecular weight excluding hydrogens is 364 g/mol. The number of aryl methyl sites for hydroxylation is 1. The SMILES string of the molecule is CCC(C)c1cc(C)cc(C(C)CC)c1-n1c(-c2ccccc2)nc2ccccc21. The molecule has 2 nitrogen and oxygen atoms in total. The molecule has 0 N–H and O–H groups in total. The molecule has 2 heteroatoms. The lowest BCUT2D eigenvalue weighted by Gasteiger charge is -2.25. The summed E-state index contributed by atoms with van der Waals surface area (Å²) in [6.45, 7) is 11.5. The van der Waals surface area contributed by atoms with Gasteiger partial charge in [0.05, 0.1) is 16.7 Å². The highest BCUT2D eigenvalue weighted by molar-refractivity contribution is 5.84. The summed E-state index contributed by atoms with van der Waals surface area (Å²) >= 11 is 0. The average Bonchev–Trinajstić information content (AvgIpc) is 3.17. The molecule has 0 saturated heterocycles. The fourth-order valence-electron chi connectivity index (χ4n) is 4.32. The minimum Gasteiger partial charge on any atom is -0.292 e. The number of imidazole rings is 1. The standard InChI is InChI=1S/C28H32N2/c1-6-20(4)23-17-19(3)18-24(21(5)7-2)27(23)30-26-16-12-11-15-25(26)29-28(30)22-13-9-8-10-14-22/h8-18,20-21H,6-7H2,1-5H3. The average molecular weight is 397 g/mol. The maximum absolute atomic E-state index is 5.10. The number of hydrogen-bond acceptors (Lipinski definition) is 1. The molecule has 0 aliphatic heterocycles. The number of benzene rings is 3. The highest BCUT2D eigenvalue weighted by Gasteiger charge is 2.23. The molecule has 0 saturated carbocycles. The van der Waals surface area contributed by atoms with Crippen molar-refractivity contribution in [2.45, 2.75) is 59.3 Å². The monoisotopic (exact) mass is 396 g/mol. The van der Waals surface area contributed by atoms with E-state index in [1.54, 1.807) is 0 Å². The molecule has 2 unspecified atom stereocenters. The Morgan fingerprint density at radius 2 is 1.37 bits per heavy atom. The van der Waals surface area contributed by atoms with Crippen molar-refractivity contribution in [1.82, 2.24) is 9.55 Å². The third-order valence-corrected chi connectivity index (χ3v) is 6.42. The zero-order valence-corrected chi connectivity index (χ0v) is 18.8. The maximum atomic E-state index is 5.10. The van der Waals surface area contributed by atoms with Crippen LogP contribution in [0.1, 0.15) is 69.1 Å². The Morgan fingerprint density at radius 3 is 1.97 bits per heavy atom. The minimum atomic E-state index is 0.479. The molecule has 1 aromatic heterocycles. The van der Waals surface area contributed by atoms with E-state index in [4.69, 9.17) is 4.98 Å². The zero-order chi connectivity index (χ0) is 21.3. The Morgan fingerprint density at radius 1 is 0.800 bits per heavy atom. The largest absolute Gasteiger partial charge is 0.292 e. The van der Waals surface area contributed by atoms with E-state index in [0.29, 0.717) is 11.8 Å². The van der Waals surface area contributed by atoms with E-state index in [1.807, 2.05) is 0 Å². The van der Waals surface area contributed by atoms with E-state index in [-0.39, 0.29) is 0 Å². The number of rotatable bonds is 6. The van der Waals surface area contributed by atoms with E-state index in [1.165, 1.54) is 27.9 Å². The van der Waals surface area contributed by atoms with Crippen molar-refractivity contribution in [2.75, 3.05) is 0 Å². The molecular formula is C28H32N2. The number of nitrogens with zero attached hydrogens (tertiary/aromatic N) is 2. The van der Waals surface area contributed by atoms with Crippen LogP contribution in [0.2, 0.25) is 0 Å². The Hall–Kier alpha value is -2.87. The summed E-state index contributed by atoms with van der Waals surface area (Å²) in [6, 6.07) is 23.9. The van der Waals surface area contributed by atoms with E-state index >= 15 is 0 Å². The molecule has 0 aliphatic rings. The molecule has 0 fully saturated rings. The van der Waals surface area contributed by atoms with E-state index in [2.05, 4.69) is 106 Å². The van der Waals surface area contributed by atoms with Gasteiger partial charge in [-0.15, -0.1) is 0 Å². The second kappa shape index (κ2) is 8.47. The first-order valence-electron chi connectivity index (χ1n) is 11.2. The lowest BCUT2D eigenvalue weighted by Crippen LogP contribution is -2.10. The van der Waals surface area contributed by atoms with Gasteiger partial charge in [-0.2, -0.15) is 0 Å². The molecule has 3 aromatic carbocycles. The summed E-state index contributed by atoms with van der Waals surface area (Å²) < 4.78 is 2.42. The van der Waals surface area contributed by atoms with Crippen molar-refractivity contribution in [3.63, 3.8) is 0 Å². The molecule has 4 rings (SSSR count). The molecule has 0 amide bonds.